The third-order valence-corrected chi connectivity index (χ3v) is 7.44. The number of nitrogens with zero attached hydrogens (tertiary/aromatic N) is 7. The number of anilines is 4. The quantitative estimate of drug-likeness (QED) is 0.121. The van der Waals surface area contributed by atoms with Gasteiger partial charge in [0.1, 0.15) is 18.0 Å². The molecule has 0 aliphatic heterocycles. The first-order chi connectivity index (χ1) is 23.4. The Labute approximate surface area is 284 Å². The zero-order valence-electron chi connectivity index (χ0n) is 28.2. The Morgan fingerprint density at radius 1 is 1.00 bits per heavy atom. The molecule has 1 amide bonds. The van der Waals surface area contributed by atoms with Crippen molar-refractivity contribution in [2.24, 2.45) is 9.98 Å². The Morgan fingerprint density at radius 2 is 1.82 bits per heavy atom. The average molecular weight is 675 g/mol. The van der Waals surface area contributed by atoms with Crippen LogP contribution in [0.4, 0.5) is 36.1 Å². The molecule has 0 aliphatic rings. The van der Waals surface area contributed by atoms with E-state index in [-0.39, 0.29) is 17.8 Å². The number of alkyl halides is 3. The SMILES string of the molecule is CN=C(CNCc1cccnc1)N=Cc1cc(Nc2cc(CC(=O)Nc3ccc(N(C)CCN(C)C)c(C(F)(F)F)c3)ccc2C)ncn1. The van der Waals surface area contributed by atoms with Crippen molar-refractivity contribution in [3.8, 4) is 0 Å². The van der Waals surface area contributed by atoms with Gasteiger partial charge in [-0.15, -0.1) is 0 Å². The monoisotopic (exact) mass is 674 g/mol. The topological polar surface area (TPSA) is 123 Å². The van der Waals surface area contributed by atoms with Gasteiger partial charge in [-0.2, -0.15) is 13.2 Å². The number of aromatic nitrogens is 3. The van der Waals surface area contributed by atoms with Gasteiger partial charge in [0.15, 0.2) is 0 Å². The average Bonchev–Trinajstić information content (AvgIpc) is 3.07. The number of benzene rings is 2. The number of pyridine rings is 1. The van der Waals surface area contributed by atoms with E-state index in [0.29, 0.717) is 54.8 Å². The minimum atomic E-state index is -4.59. The summed E-state index contributed by atoms with van der Waals surface area (Å²) in [6.07, 6.45) is 1.91. The van der Waals surface area contributed by atoms with Gasteiger partial charge in [-0.05, 0) is 68.0 Å². The van der Waals surface area contributed by atoms with E-state index in [0.717, 1.165) is 17.2 Å². The van der Waals surface area contributed by atoms with Crippen molar-refractivity contribution in [2.75, 3.05) is 63.4 Å². The van der Waals surface area contributed by atoms with Crippen LogP contribution >= 0.6 is 0 Å². The number of halogens is 3. The fourth-order valence-corrected chi connectivity index (χ4v) is 4.74. The molecule has 2 heterocycles. The van der Waals surface area contributed by atoms with Gasteiger partial charge in [-0.3, -0.25) is 14.8 Å². The van der Waals surface area contributed by atoms with Gasteiger partial charge in [-0.1, -0.05) is 18.2 Å². The zero-order chi connectivity index (χ0) is 35.4. The maximum absolute atomic E-state index is 14.0. The molecule has 11 nitrogen and oxygen atoms in total. The standard InChI is InChI=1S/C35H41F3N10O/c1-24-8-9-25(16-34(49)45-27-10-11-31(29(17-27)35(36,37)38)48(5)14-13-47(3)4)15-30(24)46-32-18-28(43-23-44-32)21-42-33(39-2)22-41-20-26-7-6-12-40-19-26/h6-12,15,17-19,21,23,41H,13-14,16,20,22H2,1-5H3,(H,45,49)(H,43,44,46). The summed E-state index contributed by atoms with van der Waals surface area (Å²) in [7, 11) is 7.01. The molecule has 4 rings (SSSR count). The lowest BCUT2D eigenvalue weighted by atomic mass is 10.1. The van der Waals surface area contributed by atoms with Gasteiger partial charge in [0.25, 0.3) is 0 Å². The van der Waals surface area contributed by atoms with Crippen molar-refractivity contribution >= 4 is 40.8 Å². The van der Waals surface area contributed by atoms with Crippen molar-refractivity contribution in [3.05, 3.63) is 101 Å². The van der Waals surface area contributed by atoms with Crippen LogP contribution in [0.5, 0.6) is 0 Å². The molecular weight excluding hydrogens is 633 g/mol. The van der Waals surface area contributed by atoms with Crippen LogP contribution in [0.2, 0.25) is 0 Å². The molecule has 0 fully saturated rings. The van der Waals surface area contributed by atoms with Gasteiger partial charge in [-0.25, -0.2) is 15.0 Å². The predicted octanol–water partition coefficient (Wildman–Crippen LogP) is 5.36. The molecule has 2 aromatic heterocycles. The van der Waals surface area contributed by atoms with Crippen molar-refractivity contribution in [3.63, 3.8) is 0 Å². The van der Waals surface area contributed by atoms with Crippen LogP contribution in [0.15, 0.2) is 83.3 Å². The molecule has 14 heteroatoms. The Morgan fingerprint density at radius 3 is 2.53 bits per heavy atom. The third-order valence-electron chi connectivity index (χ3n) is 7.44. The maximum Gasteiger partial charge on any atom is 0.418 e. The predicted molar refractivity (Wildman–Crippen MR) is 189 cm³/mol. The molecule has 258 valence electrons. The van der Waals surface area contributed by atoms with Crippen LogP contribution in [0.1, 0.15) is 27.9 Å². The molecule has 0 radical (unpaired) electrons. The number of amidine groups is 1. The van der Waals surface area contributed by atoms with E-state index in [9.17, 15) is 18.0 Å². The van der Waals surface area contributed by atoms with Gasteiger partial charge in [0.2, 0.25) is 5.91 Å². The molecular formula is C35H41F3N10O. The minimum Gasteiger partial charge on any atom is -0.373 e. The summed E-state index contributed by atoms with van der Waals surface area (Å²) in [5.41, 5.74) is 3.22. The molecule has 3 N–H and O–H groups in total. The largest absolute Gasteiger partial charge is 0.418 e. The lowest BCUT2D eigenvalue weighted by Gasteiger charge is -2.25. The second kappa shape index (κ2) is 17.3. The third kappa shape index (κ3) is 11.5. The first kappa shape index (κ1) is 36.6. The first-order valence-corrected chi connectivity index (χ1v) is 15.6. The van der Waals surface area contributed by atoms with E-state index < -0.39 is 17.6 Å². The Hall–Kier alpha value is -5.21. The van der Waals surface area contributed by atoms with Gasteiger partial charge < -0.3 is 25.8 Å². The highest BCUT2D eigenvalue weighted by Gasteiger charge is 2.35. The van der Waals surface area contributed by atoms with Gasteiger partial charge in [0.05, 0.1) is 30.4 Å². The summed E-state index contributed by atoms with van der Waals surface area (Å²) in [4.78, 5) is 37.8. The molecule has 2 aromatic carbocycles. The number of amides is 1. The molecule has 0 unspecified atom stereocenters. The van der Waals surface area contributed by atoms with Crippen LogP contribution in [0, 0.1) is 6.92 Å². The number of carbonyl (C=O) groups excluding carboxylic acids is 1. The number of aliphatic imine (C=N–C) groups is 2. The highest BCUT2D eigenvalue weighted by molar-refractivity contribution is 5.95. The molecule has 0 bridgehead atoms. The summed E-state index contributed by atoms with van der Waals surface area (Å²) in [5.74, 6) is 0.665. The van der Waals surface area contributed by atoms with Crippen molar-refractivity contribution in [2.45, 2.75) is 26.1 Å². The van der Waals surface area contributed by atoms with Gasteiger partial charge >= 0.3 is 6.18 Å². The van der Waals surface area contributed by atoms with E-state index in [1.807, 2.05) is 50.2 Å². The summed E-state index contributed by atoms with van der Waals surface area (Å²) < 4.78 is 41.9. The van der Waals surface area contributed by atoms with E-state index in [4.69, 9.17) is 0 Å². The number of hydrogen-bond donors (Lipinski definition) is 3. The summed E-state index contributed by atoms with van der Waals surface area (Å²) >= 11 is 0. The van der Waals surface area contributed by atoms with E-state index in [1.165, 1.54) is 18.5 Å². The van der Waals surface area contributed by atoms with Crippen LogP contribution in [0.3, 0.4) is 0 Å². The molecule has 0 saturated carbocycles. The number of nitrogens with one attached hydrogen (secondary N) is 3. The second-order valence-electron chi connectivity index (χ2n) is 11.6. The Balaban J connectivity index is 1.38. The molecule has 0 atom stereocenters. The summed E-state index contributed by atoms with van der Waals surface area (Å²) in [6, 6.07) is 14.9. The summed E-state index contributed by atoms with van der Waals surface area (Å²) in [5, 5.41) is 9.17. The normalized spacial score (nSPS) is 12.1. The highest BCUT2D eigenvalue weighted by atomic mass is 19.4. The molecule has 49 heavy (non-hydrogen) atoms. The van der Waals surface area contributed by atoms with E-state index >= 15 is 0 Å². The minimum absolute atomic E-state index is 0.0452. The van der Waals surface area contributed by atoms with Crippen molar-refractivity contribution in [1.29, 1.82) is 0 Å². The van der Waals surface area contributed by atoms with E-state index in [1.54, 1.807) is 49.7 Å². The number of rotatable bonds is 14. The van der Waals surface area contributed by atoms with Gasteiger partial charge in [0, 0.05) is 69.3 Å². The lowest BCUT2D eigenvalue weighted by Crippen LogP contribution is -2.30. The van der Waals surface area contributed by atoms with Crippen LogP contribution in [-0.2, 0) is 23.9 Å². The number of hydrogen-bond acceptors (Lipinski definition) is 9. The fraction of sp³-hybridized carbons (Fsp3) is 0.314. The van der Waals surface area contributed by atoms with Crippen molar-refractivity contribution < 1.29 is 18.0 Å². The van der Waals surface area contributed by atoms with Crippen LogP contribution in [-0.4, -0.2) is 85.6 Å². The fourth-order valence-electron chi connectivity index (χ4n) is 4.74. The first-order valence-electron chi connectivity index (χ1n) is 15.6. The number of likely N-dealkylation sites (N-methyl/N-ethyl adjacent to an activating group) is 2. The molecule has 0 saturated heterocycles. The Bertz CT molecular complexity index is 1760. The molecule has 0 spiro atoms. The highest BCUT2D eigenvalue weighted by Crippen LogP contribution is 2.38. The number of aryl methyl sites for hydroxylation is 1. The Kier molecular flexibility index (Phi) is 12.9. The lowest BCUT2D eigenvalue weighted by molar-refractivity contribution is -0.137. The maximum atomic E-state index is 14.0. The van der Waals surface area contributed by atoms with E-state index in [2.05, 4.69) is 40.9 Å². The molecule has 4 aromatic rings. The zero-order valence-corrected chi connectivity index (χ0v) is 28.2. The summed E-state index contributed by atoms with van der Waals surface area (Å²) in [6.45, 7) is 4.00. The molecule has 0 aliphatic carbocycles. The van der Waals surface area contributed by atoms with Crippen LogP contribution < -0.4 is 20.9 Å². The smallest absolute Gasteiger partial charge is 0.373 e. The second-order valence-corrected chi connectivity index (χ2v) is 11.6. The van der Waals surface area contributed by atoms with Crippen molar-refractivity contribution in [1.82, 2.24) is 25.2 Å². The number of carbonyl (C=O) groups is 1. The van der Waals surface area contributed by atoms with Crippen LogP contribution in [0.25, 0.3) is 0 Å².